The summed E-state index contributed by atoms with van der Waals surface area (Å²) >= 11 is 9.32. The Kier molecular flexibility index (Phi) is 9.65. The van der Waals surface area contributed by atoms with Crippen LogP contribution in [0.4, 0.5) is 5.69 Å². The second-order valence-corrected chi connectivity index (χ2v) is 7.91. The molecule has 0 bridgehead atoms. The number of rotatable bonds is 11. The minimum atomic E-state index is -0.666. The summed E-state index contributed by atoms with van der Waals surface area (Å²) in [7, 11) is 0. The largest absolute Gasteiger partial charge is 0.494 e. The predicted octanol–water partition coefficient (Wildman–Crippen LogP) is 6.86. The van der Waals surface area contributed by atoms with E-state index in [4.69, 9.17) is 21.1 Å². The van der Waals surface area contributed by atoms with Crippen molar-refractivity contribution in [2.24, 2.45) is 0 Å². The molecule has 1 N–H and O–H groups in total. The minimum absolute atomic E-state index is 0.237. The molecule has 152 valence electrons. The molecule has 0 aliphatic heterocycles. The van der Waals surface area contributed by atoms with Gasteiger partial charge in [0.15, 0.2) is 6.10 Å². The number of halogens is 2. The fourth-order valence-corrected chi connectivity index (χ4v) is 3.39. The van der Waals surface area contributed by atoms with Gasteiger partial charge in [0.05, 0.1) is 11.1 Å². The summed E-state index contributed by atoms with van der Waals surface area (Å²) in [6.07, 6.45) is 5.31. The smallest absolute Gasteiger partial charge is 0.265 e. The number of carbonyl (C=O) groups is 1. The highest BCUT2D eigenvalue weighted by molar-refractivity contribution is 9.10. The van der Waals surface area contributed by atoms with E-state index < -0.39 is 6.10 Å². The topological polar surface area (TPSA) is 47.6 Å². The first-order chi connectivity index (χ1) is 13.5. The number of hydrogen-bond donors (Lipinski definition) is 1. The first-order valence-corrected chi connectivity index (χ1v) is 10.8. The highest BCUT2D eigenvalue weighted by Crippen LogP contribution is 2.29. The SMILES string of the molecule is CCCCCCCOc1cccc(NC(=O)C(C)Oc2ccc(Cl)cc2Br)c1. The molecule has 0 spiro atoms. The number of hydrogen-bond acceptors (Lipinski definition) is 3. The Balaban J connectivity index is 1.84. The van der Waals surface area contributed by atoms with Crippen LogP contribution in [0.3, 0.4) is 0 Å². The molecule has 2 aromatic carbocycles. The van der Waals surface area contributed by atoms with Gasteiger partial charge in [-0.05, 0) is 59.6 Å². The maximum atomic E-state index is 12.4. The monoisotopic (exact) mass is 467 g/mol. The van der Waals surface area contributed by atoms with E-state index in [2.05, 4.69) is 28.2 Å². The molecule has 6 heteroatoms. The van der Waals surface area contributed by atoms with Crippen LogP contribution in [0.25, 0.3) is 0 Å². The molecule has 1 amide bonds. The summed E-state index contributed by atoms with van der Waals surface area (Å²) in [5.74, 6) is 1.08. The van der Waals surface area contributed by atoms with Crippen molar-refractivity contribution in [3.05, 3.63) is 52.0 Å². The van der Waals surface area contributed by atoms with E-state index in [1.165, 1.54) is 25.7 Å². The number of anilines is 1. The average Bonchev–Trinajstić information content (AvgIpc) is 2.67. The van der Waals surface area contributed by atoms with E-state index in [9.17, 15) is 4.79 Å². The Morgan fingerprint density at radius 2 is 1.93 bits per heavy atom. The van der Waals surface area contributed by atoms with Gasteiger partial charge in [-0.15, -0.1) is 0 Å². The fraction of sp³-hybridized carbons (Fsp3) is 0.409. The Morgan fingerprint density at radius 1 is 1.14 bits per heavy atom. The average molecular weight is 469 g/mol. The number of carbonyl (C=O) groups excluding carboxylic acids is 1. The van der Waals surface area contributed by atoms with Gasteiger partial charge in [-0.2, -0.15) is 0 Å². The van der Waals surface area contributed by atoms with Gasteiger partial charge in [-0.3, -0.25) is 4.79 Å². The molecule has 0 aromatic heterocycles. The molecule has 0 aliphatic rings. The van der Waals surface area contributed by atoms with E-state index >= 15 is 0 Å². The van der Waals surface area contributed by atoms with Gasteiger partial charge in [0, 0.05) is 16.8 Å². The molecule has 4 nitrogen and oxygen atoms in total. The highest BCUT2D eigenvalue weighted by Gasteiger charge is 2.16. The number of unbranched alkanes of at least 4 members (excludes halogenated alkanes) is 4. The van der Waals surface area contributed by atoms with E-state index in [1.807, 2.05) is 24.3 Å². The fourth-order valence-electron chi connectivity index (χ4n) is 2.62. The maximum absolute atomic E-state index is 12.4. The number of amides is 1. The van der Waals surface area contributed by atoms with Gasteiger partial charge in [-0.1, -0.05) is 50.3 Å². The number of nitrogens with one attached hydrogen (secondary N) is 1. The zero-order chi connectivity index (χ0) is 20.4. The molecule has 1 atom stereocenters. The van der Waals surface area contributed by atoms with Crippen LogP contribution in [0.15, 0.2) is 46.9 Å². The number of ether oxygens (including phenoxy) is 2. The summed E-state index contributed by atoms with van der Waals surface area (Å²) in [4.78, 5) is 12.4. The molecule has 28 heavy (non-hydrogen) atoms. The van der Waals surface area contributed by atoms with Crippen LogP contribution in [0, 0.1) is 0 Å². The molecule has 0 heterocycles. The van der Waals surface area contributed by atoms with E-state index in [0.717, 1.165) is 12.2 Å². The molecule has 0 aliphatic carbocycles. The van der Waals surface area contributed by atoms with Crippen molar-refractivity contribution in [1.29, 1.82) is 0 Å². The Labute approximate surface area is 180 Å². The zero-order valence-corrected chi connectivity index (χ0v) is 18.7. The summed E-state index contributed by atoms with van der Waals surface area (Å²) in [6, 6.07) is 12.6. The van der Waals surface area contributed by atoms with Crippen molar-refractivity contribution in [3.63, 3.8) is 0 Å². The summed E-state index contributed by atoms with van der Waals surface area (Å²) in [6.45, 7) is 4.59. The molecule has 0 fully saturated rings. The lowest BCUT2D eigenvalue weighted by atomic mass is 10.2. The van der Waals surface area contributed by atoms with Crippen molar-refractivity contribution in [1.82, 2.24) is 0 Å². The van der Waals surface area contributed by atoms with Crippen molar-refractivity contribution in [2.45, 2.75) is 52.1 Å². The first kappa shape index (κ1) is 22.6. The van der Waals surface area contributed by atoms with Crippen molar-refractivity contribution in [3.8, 4) is 11.5 Å². The van der Waals surface area contributed by atoms with Crippen molar-refractivity contribution in [2.75, 3.05) is 11.9 Å². The van der Waals surface area contributed by atoms with Crippen LogP contribution in [-0.2, 0) is 4.79 Å². The third-order valence-electron chi connectivity index (χ3n) is 4.19. The molecule has 2 aromatic rings. The lowest BCUT2D eigenvalue weighted by Crippen LogP contribution is -2.30. The summed E-state index contributed by atoms with van der Waals surface area (Å²) in [5, 5.41) is 3.46. The zero-order valence-electron chi connectivity index (χ0n) is 16.3. The van der Waals surface area contributed by atoms with Crippen LogP contribution >= 0.6 is 27.5 Å². The third-order valence-corrected chi connectivity index (χ3v) is 5.04. The molecule has 0 radical (unpaired) electrons. The van der Waals surface area contributed by atoms with E-state index in [1.54, 1.807) is 25.1 Å². The van der Waals surface area contributed by atoms with Gasteiger partial charge in [0.1, 0.15) is 11.5 Å². The molecule has 1 unspecified atom stereocenters. The summed E-state index contributed by atoms with van der Waals surface area (Å²) < 4.78 is 12.2. The second-order valence-electron chi connectivity index (χ2n) is 6.61. The predicted molar refractivity (Wildman–Crippen MR) is 119 cm³/mol. The lowest BCUT2D eigenvalue weighted by Gasteiger charge is -2.16. The minimum Gasteiger partial charge on any atom is -0.494 e. The van der Waals surface area contributed by atoms with Gasteiger partial charge in [-0.25, -0.2) is 0 Å². The molecular formula is C22H27BrClNO3. The van der Waals surface area contributed by atoms with Crippen LogP contribution < -0.4 is 14.8 Å². The second kappa shape index (κ2) is 12.0. The van der Waals surface area contributed by atoms with E-state index in [0.29, 0.717) is 27.5 Å². The highest BCUT2D eigenvalue weighted by atomic mass is 79.9. The first-order valence-electron chi connectivity index (χ1n) is 9.65. The molecular weight excluding hydrogens is 442 g/mol. The standard InChI is InChI=1S/C22H27BrClNO3/c1-3-4-5-6-7-13-27-19-10-8-9-18(15-19)25-22(26)16(2)28-21-12-11-17(24)14-20(21)23/h8-12,14-16H,3-7,13H2,1-2H3,(H,25,26). The normalized spacial score (nSPS) is 11.7. The van der Waals surface area contributed by atoms with Crippen LogP contribution in [0.1, 0.15) is 46.0 Å². The summed E-state index contributed by atoms with van der Waals surface area (Å²) in [5.41, 5.74) is 0.680. The van der Waals surface area contributed by atoms with E-state index in [-0.39, 0.29) is 5.91 Å². The quantitative estimate of drug-likeness (QED) is 0.366. The van der Waals surface area contributed by atoms with Crippen molar-refractivity contribution < 1.29 is 14.3 Å². The van der Waals surface area contributed by atoms with Crippen LogP contribution in [-0.4, -0.2) is 18.6 Å². The molecule has 2 rings (SSSR count). The van der Waals surface area contributed by atoms with Gasteiger partial charge in [0.2, 0.25) is 0 Å². The van der Waals surface area contributed by atoms with Gasteiger partial charge < -0.3 is 14.8 Å². The van der Waals surface area contributed by atoms with Crippen LogP contribution in [0.5, 0.6) is 11.5 Å². The third kappa shape index (κ3) is 7.72. The van der Waals surface area contributed by atoms with Gasteiger partial charge >= 0.3 is 0 Å². The van der Waals surface area contributed by atoms with Gasteiger partial charge in [0.25, 0.3) is 5.91 Å². The Morgan fingerprint density at radius 3 is 2.68 bits per heavy atom. The molecule has 0 saturated heterocycles. The Hall–Kier alpha value is -1.72. The lowest BCUT2D eigenvalue weighted by molar-refractivity contribution is -0.122. The molecule has 0 saturated carbocycles. The Bertz CT molecular complexity index is 769. The number of benzene rings is 2. The van der Waals surface area contributed by atoms with Crippen LogP contribution in [0.2, 0.25) is 5.02 Å². The van der Waals surface area contributed by atoms with Crippen molar-refractivity contribution >= 4 is 39.1 Å². The maximum Gasteiger partial charge on any atom is 0.265 e.